The first kappa shape index (κ1) is 34.1. The normalized spacial score (nSPS) is 16.8. The molecule has 1 aliphatic rings. The van der Waals surface area contributed by atoms with Gasteiger partial charge in [-0.05, 0) is 0 Å². The van der Waals surface area contributed by atoms with Gasteiger partial charge in [0.1, 0.15) is 0 Å². The van der Waals surface area contributed by atoms with Crippen molar-refractivity contribution in [2.24, 2.45) is 0 Å². The number of halogens is 15. The maximum atomic E-state index is 13.2. The standard InChI is InChI=1S/C10H11F9N2.C2F6NO4S2/c1-20-4-5-21(6-20)3-2-7(11,12)8(13,14)9(15,16)10(17,18)19;3-1(4,5)14(10,11)9-15(12,13)2(6,7)8/h4-5H,2-3,6H2,1H3;/q;-1. The van der Waals surface area contributed by atoms with Crippen LogP contribution in [-0.4, -0.2) is 81.9 Å². The van der Waals surface area contributed by atoms with E-state index in [2.05, 4.69) is 0 Å². The van der Waals surface area contributed by atoms with Gasteiger partial charge in [0.25, 0.3) is 0 Å². The summed E-state index contributed by atoms with van der Waals surface area (Å²) in [6.45, 7) is -0.755. The van der Waals surface area contributed by atoms with Crippen LogP contribution in [0.4, 0.5) is 65.9 Å². The van der Waals surface area contributed by atoms with Gasteiger partial charge in [0.15, 0.2) is 20.0 Å². The van der Waals surface area contributed by atoms with Crippen LogP contribution in [0.1, 0.15) is 6.42 Å². The highest BCUT2D eigenvalue weighted by molar-refractivity contribution is 8.13. The van der Waals surface area contributed by atoms with E-state index in [1.54, 1.807) is 0 Å². The van der Waals surface area contributed by atoms with Gasteiger partial charge in [0, 0.05) is 32.4 Å². The molecule has 1 aliphatic heterocycles. The van der Waals surface area contributed by atoms with Gasteiger partial charge >= 0.3 is 35.0 Å². The number of sulfonamides is 2. The summed E-state index contributed by atoms with van der Waals surface area (Å²) in [5, 5.41) is 0. The van der Waals surface area contributed by atoms with E-state index in [9.17, 15) is 82.7 Å². The molecule has 1 heterocycles. The number of nitrogens with zero attached hydrogens (tertiary/aromatic N) is 3. The van der Waals surface area contributed by atoms with E-state index in [4.69, 9.17) is 0 Å². The van der Waals surface area contributed by atoms with Gasteiger partial charge in [0.2, 0.25) is 0 Å². The Morgan fingerprint density at radius 3 is 1.36 bits per heavy atom. The van der Waals surface area contributed by atoms with Crippen LogP contribution in [0.15, 0.2) is 12.4 Å². The average Bonchev–Trinajstić information content (AvgIpc) is 3.02. The molecule has 0 N–H and O–H groups in total. The summed E-state index contributed by atoms with van der Waals surface area (Å²) >= 11 is 0. The van der Waals surface area contributed by atoms with Crippen LogP contribution in [0.3, 0.4) is 0 Å². The number of rotatable bonds is 7. The first-order valence-corrected chi connectivity index (χ1v) is 11.0. The van der Waals surface area contributed by atoms with E-state index in [-0.39, 0.29) is 6.67 Å². The Kier molecular flexibility index (Phi) is 9.61. The van der Waals surface area contributed by atoms with Crippen molar-refractivity contribution in [2.45, 2.75) is 41.4 Å². The van der Waals surface area contributed by atoms with Crippen molar-refractivity contribution in [3.8, 4) is 0 Å². The van der Waals surface area contributed by atoms with Gasteiger partial charge in [-0.3, -0.25) is 0 Å². The fourth-order valence-electron chi connectivity index (χ4n) is 1.80. The molecule has 0 fully saturated rings. The van der Waals surface area contributed by atoms with Crippen molar-refractivity contribution >= 4 is 20.0 Å². The Morgan fingerprint density at radius 2 is 1.08 bits per heavy atom. The van der Waals surface area contributed by atoms with Crippen LogP contribution in [0.25, 0.3) is 4.13 Å². The molecule has 1 rings (SSSR count). The molecule has 0 aromatic heterocycles. The summed E-state index contributed by atoms with van der Waals surface area (Å²) in [5.74, 6) is -18.9. The summed E-state index contributed by atoms with van der Waals surface area (Å²) in [6, 6.07) is 0. The maximum absolute atomic E-state index is 13.2. The van der Waals surface area contributed by atoms with Gasteiger partial charge in [0.05, 0.1) is 6.67 Å². The van der Waals surface area contributed by atoms with Crippen LogP contribution < -0.4 is 0 Å². The largest absolute Gasteiger partial charge is 0.480 e. The molecule has 0 aromatic carbocycles. The summed E-state index contributed by atoms with van der Waals surface area (Å²) < 4.78 is 222. The smallest absolute Gasteiger partial charge is 0.421 e. The molecule has 0 saturated heterocycles. The zero-order valence-electron chi connectivity index (χ0n) is 16.7. The molecular weight excluding hydrogens is 599 g/mol. The lowest BCUT2D eigenvalue weighted by Gasteiger charge is -2.34. The second kappa shape index (κ2) is 10.1. The Bertz CT molecular complexity index is 958. The first-order chi connectivity index (χ1) is 15.4. The fourth-order valence-corrected chi connectivity index (χ4v) is 3.51. The van der Waals surface area contributed by atoms with Crippen molar-refractivity contribution in [3.05, 3.63) is 16.5 Å². The van der Waals surface area contributed by atoms with Crippen LogP contribution in [-0.2, 0) is 20.0 Å². The minimum Gasteiger partial charge on any atom is -0.421 e. The third-order valence-corrected chi connectivity index (χ3v) is 6.38. The second-order valence-electron chi connectivity index (χ2n) is 6.53. The lowest BCUT2D eigenvalue weighted by molar-refractivity contribution is -0.396. The topological polar surface area (TPSA) is 88.9 Å². The van der Waals surface area contributed by atoms with E-state index in [0.29, 0.717) is 0 Å². The SMILES string of the molecule is CN1C=CN(CCC(F)(F)C(F)(F)C(F)(F)C(F)(F)F)C1.O=S(=O)([N-]S(=O)(=O)C(F)(F)F)C(F)(F)F. The van der Waals surface area contributed by atoms with E-state index >= 15 is 0 Å². The van der Waals surface area contributed by atoms with Gasteiger partial charge in [-0.2, -0.15) is 65.9 Å². The molecule has 0 radical (unpaired) electrons. The van der Waals surface area contributed by atoms with E-state index in [1.165, 1.54) is 24.3 Å². The number of hydrogen-bond acceptors (Lipinski definition) is 6. The molecule has 24 heteroatoms. The highest BCUT2D eigenvalue weighted by atomic mass is 32.3. The summed E-state index contributed by atoms with van der Waals surface area (Å²) in [7, 11) is -11.9. The minimum atomic E-state index is -6.82. The van der Waals surface area contributed by atoms with Gasteiger partial charge in [-0.25, -0.2) is 16.8 Å². The predicted molar refractivity (Wildman–Crippen MR) is 87.3 cm³/mol. The monoisotopic (exact) mass is 610 g/mol. The number of hydrogen-bond donors (Lipinski definition) is 0. The van der Waals surface area contributed by atoms with Crippen LogP contribution in [0.2, 0.25) is 0 Å². The zero-order valence-corrected chi connectivity index (χ0v) is 18.4. The van der Waals surface area contributed by atoms with Crippen LogP contribution in [0.5, 0.6) is 0 Å². The lowest BCUT2D eigenvalue weighted by atomic mass is 10.0. The molecule has 0 spiro atoms. The average molecular weight is 610 g/mol. The van der Waals surface area contributed by atoms with Gasteiger partial charge in [-0.1, -0.05) is 0 Å². The van der Waals surface area contributed by atoms with E-state index in [0.717, 1.165) is 9.03 Å². The Labute approximate surface area is 191 Å². The molecule has 0 unspecified atom stereocenters. The molecule has 0 bridgehead atoms. The third kappa shape index (κ3) is 7.58. The molecule has 7 nitrogen and oxygen atoms in total. The second-order valence-corrected chi connectivity index (χ2v) is 9.95. The van der Waals surface area contributed by atoms with Gasteiger partial charge in [-0.15, -0.1) is 0 Å². The first-order valence-electron chi connectivity index (χ1n) is 8.12. The molecule has 0 atom stereocenters. The molecule has 0 aliphatic carbocycles. The van der Waals surface area contributed by atoms with Crippen LogP contribution >= 0.6 is 0 Å². The van der Waals surface area contributed by atoms with Crippen molar-refractivity contribution in [2.75, 3.05) is 20.3 Å². The highest BCUT2D eigenvalue weighted by Crippen LogP contribution is 2.54. The Morgan fingerprint density at radius 1 is 0.694 bits per heavy atom. The fraction of sp³-hybridized carbons (Fsp3) is 0.833. The van der Waals surface area contributed by atoms with Crippen molar-refractivity contribution in [1.29, 1.82) is 0 Å². The maximum Gasteiger partial charge on any atom is 0.480 e. The van der Waals surface area contributed by atoms with Crippen molar-refractivity contribution < 1.29 is 82.7 Å². The molecule has 0 saturated carbocycles. The summed E-state index contributed by atoms with van der Waals surface area (Å²) in [4.78, 5) is 2.55. The van der Waals surface area contributed by atoms with Crippen molar-refractivity contribution in [3.63, 3.8) is 0 Å². The van der Waals surface area contributed by atoms with E-state index in [1.807, 2.05) is 0 Å². The molecular formula is C12H11F15N3O4S2-. The molecule has 0 amide bonds. The van der Waals surface area contributed by atoms with Crippen LogP contribution in [0, 0.1) is 0 Å². The third-order valence-electron chi connectivity index (χ3n) is 3.64. The van der Waals surface area contributed by atoms with Gasteiger partial charge < -0.3 is 13.9 Å². The zero-order chi connectivity index (χ0) is 29.4. The molecule has 216 valence electrons. The summed E-state index contributed by atoms with van der Waals surface area (Å²) in [5.41, 5.74) is -12.4. The summed E-state index contributed by atoms with van der Waals surface area (Å²) in [6.07, 6.45) is -5.98. The Balaban J connectivity index is 0.000000723. The predicted octanol–water partition coefficient (Wildman–Crippen LogP) is 4.58. The Hall–Kier alpha value is -1.85. The molecule has 36 heavy (non-hydrogen) atoms. The number of alkyl halides is 15. The highest BCUT2D eigenvalue weighted by Gasteiger charge is 2.81. The van der Waals surface area contributed by atoms with E-state index < -0.39 is 68.0 Å². The minimum absolute atomic E-state index is 0.0390. The van der Waals surface area contributed by atoms with Crippen molar-refractivity contribution in [1.82, 2.24) is 9.80 Å². The lowest BCUT2D eigenvalue weighted by Crippen LogP contribution is -2.61. The quantitative estimate of drug-likeness (QED) is 0.393. The molecule has 0 aromatic rings.